The lowest BCUT2D eigenvalue weighted by Gasteiger charge is -2.37. The average molecular weight is 192 g/mol. The van der Waals surface area contributed by atoms with Crippen molar-refractivity contribution >= 4 is 22.5 Å². The maximum atomic E-state index is 5.33. The third kappa shape index (κ3) is 2.30. The van der Waals surface area contributed by atoms with Crippen LogP contribution in [0.5, 0.6) is 0 Å². The Hall–Kier alpha value is 0.660. The Bertz CT molecular complexity index is 121. The molecule has 0 aromatic rings. The zero-order valence-electron chi connectivity index (χ0n) is 7.17. The van der Waals surface area contributed by atoms with Gasteiger partial charge in [0.2, 0.25) is 0 Å². The van der Waals surface area contributed by atoms with Gasteiger partial charge >= 0.3 is 0 Å². The highest BCUT2D eigenvalue weighted by molar-refractivity contribution is 8.68. The molecule has 0 saturated carbocycles. The molecule has 0 aliphatic carbocycles. The second-order valence-electron chi connectivity index (χ2n) is 3.51. The van der Waals surface area contributed by atoms with Crippen molar-refractivity contribution in [2.45, 2.75) is 31.9 Å². The molecule has 3 heteroatoms. The number of rotatable bonds is 2. The molecule has 0 aromatic carbocycles. The monoisotopic (exact) mass is 192 g/mol. The van der Waals surface area contributed by atoms with Crippen LogP contribution in [0.25, 0.3) is 0 Å². The van der Waals surface area contributed by atoms with E-state index in [9.17, 15) is 0 Å². The molecule has 1 atom stereocenters. The summed E-state index contributed by atoms with van der Waals surface area (Å²) in [5.74, 6) is 0. The van der Waals surface area contributed by atoms with Gasteiger partial charge in [-0.05, 0) is 18.3 Å². The maximum absolute atomic E-state index is 5.33. The highest BCUT2D eigenvalue weighted by Crippen LogP contribution is 2.40. The van der Waals surface area contributed by atoms with Crippen molar-refractivity contribution in [1.29, 1.82) is 0 Å². The van der Waals surface area contributed by atoms with E-state index < -0.39 is 0 Å². The first-order valence-electron chi connectivity index (χ1n) is 4.07. The Morgan fingerprint density at radius 1 is 1.45 bits per heavy atom. The summed E-state index contributed by atoms with van der Waals surface area (Å²) in [4.78, 5) is 0. The number of hydrogen-bond acceptors (Lipinski definition) is 3. The minimum atomic E-state index is 0.449. The van der Waals surface area contributed by atoms with Crippen molar-refractivity contribution in [1.82, 2.24) is 0 Å². The fraction of sp³-hybridized carbons (Fsp3) is 1.00. The molecule has 1 fully saturated rings. The highest BCUT2D eigenvalue weighted by Gasteiger charge is 2.32. The molecule has 1 unspecified atom stereocenters. The molecule has 1 saturated heterocycles. The van der Waals surface area contributed by atoms with E-state index in [0.29, 0.717) is 10.7 Å². The maximum Gasteiger partial charge on any atom is 0.0471 e. The molecule has 11 heavy (non-hydrogen) atoms. The van der Waals surface area contributed by atoms with E-state index in [1.165, 1.54) is 12.8 Å². The molecule has 66 valence electrons. The molecule has 1 aliphatic rings. The van der Waals surface area contributed by atoms with Crippen LogP contribution in [0.2, 0.25) is 0 Å². The lowest BCUT2D eigenvalue weighted by Crippen LogP contribution is -2.33. The first-order chi connectivity index (χ1) is 5.19. The summed E-state index contributed by atoms with van der Waals surface area (Å²) in [6.45, 7) is 6.44. The van der Waals surface area contributed by atoms with Gasteiger partial charge in [0.1, 0.15) is 0 Å². The summed E-state index contributed by atoms with van der Waals surface area (Å²) in [5, 5.41) is 0.634. The van der Waals surface area contributed by atoms with E-state index in [-0.39, 0.29) is 0 Å². The van der Waals surface area contributed by atoms with E-state index in [1.807, 2.05) is 0 Å². The van der Waals surface area contributed by atoms with Crippen LogP contribution in [-0.4, -0.2) is 18.5 Å². The molecular formula is C8H16OS2. The van der Waals surface area contributed by atoms with Crippen LogP contribution in [0.4, 0.5) is 0 Å². The molecule has 0 aromatic heterocycles. The van der Waals surface area contributed by atoms with Crippen molar-refractivity contribution in [2.24, 2.45) is 5.41 Å². The van der Waals surface area contributed by atoms with Crippen LogP contribution in [0.15, 0.2) is 0 Å². The lowest BCUT2D eigenvalue weighted by molar-refractivity contribution is 0.0250. The van der Waals surface area contributed by atoms with Gasteiger partial charge in [-0.1, -0.05) is 24.6 Å². The minimum Gasteiger partial charge on any atom is -0.381 e. The number of thiol groups is 1. The van der Waals surface area contributed by atoms with Gasteiger partial charge in [0.25, 0.3) is 0 Å². The van der Waals surface area contributed by atoms with E-state index in [4.69, 9.17) is 4.74 Å². The summed E-state index contributed by atoms with van der Waals surface area (Å²) >= 11 is 4.26. The Labute approximate surface area is 78.1 Å². The first kappa shape index (κ1) is 9.75. The van der Waals surface area contributed by atoms with Gasteiger partial charge in [0.05, 0.1) is 0 Å². The van der Waals surface area contributed by atoms with Crippen LogP contribution in [-0.2, 0) is 4.74 Å². The first-order valence-corrected chi connectivity index (χ1v) is 6.00. The molecular weight excluding hydrogens is 176 g/mol. The zero-order chi connectivity index (χ0) is 8.32. The lowest BCUT2D eigenvalue weighted by atomic mass is 9.80. The highest BCUT2D eigenvalue weighted by atomic mass is 33.1. The smallest absolute Gasteiger partial charge is 0.0471 e. The van der Waals surface area contributed by atoms with Gasteiger partial charge in [0.15, 0.2) is 0 Å². The summed E-state index contributed by atoms with van der Waals surface area (Å²) in [7, 11) is 1.67. The molecule has 0 spiro atoms. The fourth-order valence-corrected chi connectivity index (χ4v) is 2.63. The third-order valence-electron chi connectivity index (χ3n) is 2.77. The molecule has 0 N–H and O–H groups in total. The van der Waals surface area contributed by atoms with E-state index in [0.717, 1.165) is 13.2 Å². The second kappa shape index (κ2) is 4.06. The molecule has 0 amide bonds. The quantitative estimate of drug-likeness (QED) is 0.532. The molecule has 0 radical (unpaired) electrons. The van der Waals surface area contributed by atoms with E-state index in [2.05, 4.69) is 25.5 Å². The van der Waals surface area contributed by atoms with Gasteiger partial charge in [-0.25, -0.2) is 0 Å². The van der Waals surface area contributed by atoms with Gasteiger partial charge in [0, 0.05) is 18.5 Å². The topological polar surface area (TPSA) is 9.23 Å². The Morgan fingerprint density at radius 3 is 2.45 bits per heavy atom. The van der Waals surface area contributed by atoms with Gasteiger partial charge in [-0.2, -0.15) is 0 Å². The molecule has 1 aliphatic heterocycles. The Kier molecular flexibility index (Phi) is 3.59. The van der Waals surface area contributed by atoms with Crippen molar-refractivity contribution in [3.05, 3.63) is 0 Å². The molecule has 1 rings (SSSR count). The van der Waals surface area contributed by atoms with E-state index in [1.54, 1.807) is 10.8 Å². The molecule has 1 heterocycles. The summed E-state index contributed by atoms with van der Waals surface area (Å²) in [6.07, 6.45) is 2.36. The van der Waals surface area contributed by atoms with Gasteiger partial charge in [-0.3, -0.25) is 0 Å². The standard InChI is InChI=1S/C8H16OS2/c1-7(11-10)8(2)3-5-9-6-4-8/h7,10H,3-6H2,1-2H3. The van der Waals surface area contributed by atoms with Crippen molar-refractivity contribution < 1.29 is 4.74 Å². The Morgan fingerprint density at radius 2 is 2.00 bits per heavy atom. The largest absolute Gasteiger partial charge is 0.381 e. The summed E-state index contributed by atoms with van der Waals surface area (Å²) < 4.78 is 5.33. The number of hydrogen-bond donors (Lipinski definition) is 1. The van der Waals surface area contributed by atoms with Gasteiger partial charge < -0.3 is 4.74 Å². The fourth-order valence-electron chi connectivity index (χ4n) is 1.37. The van der Waals surface area contributed by atoms with Crippen LogP contribution in [0.3, 0.4) is 0 Å². The molecule has 0 bridgehead atoms. The van der Waals surface area contributed by atoms with Gasteiger partial charge in [-0.15, -0.1) is 11.7 Å². The normalized spacial score (nSPS) is 26.5. The van der Waals surface area contributed by atoms with Crippen LogP contribution >= 0.6 is 22.5 Å². The van der Waals surface area contributed by atoms with Crippen molar-refractivity contribution in [2.75, 3.05) is 13.2 Å². The van der Waals surface area contributed by atoms with Crippen LogP contribution < -0.4 is 0 Å². The third-order valence-corrected chi connectivity index (χ3v) is 4.61. The SMILES string of the molecule is CC(SS)C1(C)CCOCC1. The predicted molar refractivity (Wildman–Crippen MR) is 54.2 cm³/mol. The molecule has 1 nitrogen and oxygen atoms in total. The Balaban J connectivity index is 2.49. The zero-order valence-corrected chi connectivity index (χ0v) is 8.88. The minimum absolute atomic E-state index is 0.449. The number of ether oxygens (including phenoxy) is 1. The van der Waals surface area contributed by atoms with Crippen molar-refractivity contribution in [3.63, 3.8) is 0 Å². The summed E-state index contributed by atoms with van der Waals surface area (Å²) in [5.41, 5.74) is 0.449. The average Bonchev–Trinajstić information content (AvgIpc) is 2.04. The second-order valence-corrected chi connectivity index (χ2v) is 5.06. The summed E-state index contributed by atoms with van der Waals surface area (Å²) in [6, 6.07) is 0. The van der Waals surface area contributed by atoms with E-state index >= 15 is 0 Å². The van der Waals surface area contributed by atoms with Crippen molar-refractivity contribution in [3.8, 4) is 0 Å². The van der Waals surface area contributed by atoms with Crippen LogP contribution in [0, 0.1) is 5.41 Å². The van der Waals surface area contributed by atoms with Crippen LogP contribution in [0.1, 0.15) is 26.7 Å². The predicted octanol–water partition coefficient (Wildman–Crippen LogP) is 2.77.